The zero-order valence-electron chi connectivity index (χ0n) is 15.4. The van der Waals surface area contributed by atoms with Crippen LogP contribution in [0.25, 0.3) is 0 Å². The Morgan fingerprint density at radius 3 is 2.63 bits per heavy atom. The molecule has 2 aromatic rings. The Morgan fingerprint density at radius 1 is 1.19 bits per heavy atom. The fourth-order valence-electron chi connectivity index (χ4n) is 3.48. The molecule has 1 N–H and O–H groups in total. The number of aryl methyl sites for hydroxylation is 1. The molecule has 2 aliphatic rings. The van der Waals surface area contributed by atoms with Crippen LogP contribution in [-0.2, 0) is 21.2 Å². The van der Waals surface area contributed by atoms with Crippen LogP contribution in [0.2, 0.25) is 0 Å². The van der Waals surface area contributed by atoms with Gasteiger partial charge in [-0.25, -0.2) is 8.42 Å². The van der Waals surface area contributed by atoms with Crippen molar-refractivity contribution in [3.8, 4) is 5.75 Å². The molecular formula is C20H22N2O4S. The van der Waals surface area contributed by atoms with Crippen LogP contribution >= 0.6 is 0 Å². The van der Waals surface area contributed by atoms with Gasteiger partial charge in [0.1, 0.15) is 5.75 Å². The number of anilines is 2. The maximum Gasteiger partial charge on any atom is 0.262 e. The van der Waals surface area contributed by atoms with E-state index in [-0.39, 0.29) is 16.7 Å². The maximum atomic E-state index is 12.8. The van der Waals surface area contributed by atoms with Gasteiger partial charge in [-0.1, -0.05) is 6.07 Å². The third-order valence-corrected chi connectivity index (χ3v) is 6.64. The van der Waals surface area contributed by atoms with E-state index in [1.807, 2.05) is 6.07 Å². The van der Waals surface area contributed by atoms with Gasteiger partial charge in [0.15, 0.2) is 0 Å². The number of fused-ring (bicyclic) bond motifs is 1. The van der Waals surface area contributed by atoms with Gasteiger partial charge in [0, 0.05) is 18.2 Å². The smallest absolute Gasteiger partial charge is 0.262 e. The Balaban J connectivity index is 1.61. The fraction of sp³-hybridized carbons (Fsp3) is 0.350. The molecule has 1 amide bonds. The molecular weight excluding hydrogens is 364 g/mol. The fourth-order valence-corrected chi connectivity index (χ4v) is 4.76. The van der Waals surface area contributed by atoms with Crippen LogP contribution in [0.5, 0.6) is 5.75 Å². The first-order valence-electron chi connectivity index (χ1n) is 9.01. The van der Waals surface area contributed by atoms with Gasteiger partial charge in [0.2, 0.25) is 5.91 Å². The molecule has 1 aliphatic carbocycles. The number of nitrogens with one attached hydrogen (secondary N) is 1. The third kappa shape index (κ3) is 3.39. The van der Waals surface area contributed by atoms with Crippen molar-refractivity contribution in [2.75, 3.05) is 23.3 Å². The Morgan fingerprint density at radius 2 is 1.96 bits per heavy atom. The lowest BCUT2D eigenvalue weighted by Crippen LogP contribution is -2.30. The van der Waals surface area contributed by atoms with Gasteiger partial charge < -0.3 is 9.64 Å². The number of methoxy groups -OCH3 is 1. The minimum absolute atomic E-state index is 0.137. The van der Waals surface area contributed by atoms with E-state index in [1.54, 1.807) is 43.2 Å². The number of carbonyl (C=O) groups excluding carboxylic acids is 1. The monoisotopic (exact) mass is 386 g/mol. The van der Waals surface area contributed by atoms with Crippen molar-refractivity contribution in [1.82, 2.24) is 0 Å². The van der Waals surface area contributed by atoms with Gasteiger partial charge in [-0.15, -0.1) is 0 Å². The summed E-state index contributed by atoms with van der Waals surface area (Å²) in [5.41, 5.74) is 2.96. The summed E-state index contributed by atoms with van der Waals surface area (Å²) in [6.45, 7) is 2.40. The van der Waals surface area contributed by atoms with Crippen LogP contribution in [0.3, 0.4) is 0 Å². The van der Waals surface area contributed by atoms with Gasteiger partial charge in [-0.2, -0.15) is 0 Å². The number of hydrogen-bond donors (Lipinski definition) is 1. The summed E-state index contributed by atoms with van der Waals surface area (Å²) >= 11 is 0. The molecule has 0 atom stereocenters. The van der Waals surface area contributed by atoms with E-state index < -0.39 is 10.0 Å². The lowest BCUT2D eigenvalue weighted by Gasteiger charge is -2.18. The Labute approximate surface area is 159 Å². The highest BCUT2D eigenvalue weighted by Crippen LogP contribution is 2.38. The zero-order chi connectivity index (χ0) is 19.2. The lowest BCUT2D eigenvalue weighted by molar-refractivity contribution is -0.119. The normalized spacial score (nSPS) is 16.1. The lowest BCUT2D eigenvalue weighted by atomic mass is 10.1. The van der Waals surface area contributed by atoms with Crippen molar-refractivity contribution >= 4 is 27.3 Å². The first kappa shape index (κ1) is 17.9. The van der Waals surface area contributed by atoms with E-state index in [9.17, 15) is 13.2 Å². The number of nitrogens with zero attached hydrogens (tertiary/aromatic N) is 1. The zero-order valence-corrected chi connectivity index (χ0v) is 16.2. The van der Waals surface area contributed by atoms with Crippen molar-refractivity contribution in [2.24, 2.45) is 5.92 Å². The molecule has 0 bridgehead atoms. The predicted octanol–water partition coefficient (Wildman–Crippen LogP) is 3.10. The minimum atomic E-state index is -3.74. The van der Waals surface area contributed by atoms with E-state index in [0.717, 1.165) is 30.5 Å². The van der Waals surface area contributed by atoms with E-state index in [4.69, 9.17) is 4.74 Å². The highest BCUT2D eigenvalue weighted by molar-refractivity contribution is 7.92. The molecule has 1 aliphatic heterocycles. The van der Waals surface area contributed by atoms with E-state index >= 15 is 0 Å². The van der Waals surface area contributed by atoms with E-state index in [2.05, 4.69) is 4.72 Å². The number of hydrogen-bond acceptors (Lipinski definition) is 4. The topological polar surface area (TPSA) is 75.7 Å². The molecule has 0 radical (unpaired) electrons. The molecule has 1 saturated carbocycles. The SMILES string of the molecule is COc1ccc(S(=O)(=O)Nc2ccc3c(c2)N(C(=O)C2CC2)CC3)c(C)c1. The van der Waals surface area contributed by atoms with Crippen molar-refractivity contribution in [3.05, 3.63) is 47.5 Å². The number of ether oxygens (including phenoxy) is 1. The van der Waals surface area contributed by atoms with E-state index in [1.165, 1.54) is 6.07 Å². The van der Waals surface area contributed by atoms with Gasteiger partial charge in [0.25, 0.3) is 10.0 Å². The quantitative estimate of drug-likeness (QED) is 0.857. The van der Waals surface area contributed by atoms with Crippen LogP contribution in [0.4, 0.5) is 11.4 Å². The summed E-state index contributed by atoms with van der Waals surface area (Å²) in [5.74, 6) is 0.899. The van der Waals surface area contributed by atoms with Crippen molar-refractivity contribution in [1.29, 1.82) is 0 Å². The van der Waals surface area contributed by atoms with Gasteiger partial charge in [-0.05, 0) is 67.6 Å². The molecule has 0 aromatic heterocycles. The number of rotatable bonds is 5. The second-order valence-electron chi connectivity index (χ2n) is 7.09. The highest BCUT2D eigenvalue weighted by Gasteiger charge is 2.36. The molecule has 0 unspecified atom stereocenters. The summed E-state index contributed by atoms with van der Waals surface area (Å²) < 4.78 is 33.4. The average Bonchev–Trinajstić information content (AvgIpc) is 3.40. The summed E-state index contributed by atoms with van der Waals surface area (Å²) in [4.78, 5) is 14.5. The molecule has 7 heteroatoms. The van der Waals surface area contributed by atoms with Crippen LogP contribution < -0.4 is 14.4 Å². The Hall–Kier alpha value is -2.54. The number of sulfonamides is 1. The summed E-state index contributed by atoms with van der Waals surface area (Å²) in [6.07, 6.45) is 2.71. The first-order chi connectivity index (χ1) is 12.9. The van der Waals surface area contributed by atoms with Gasteiger partial charge >= 0.3 is 0 Å². The van der Waals surface area contributed by atoms with Crippen LogP contribution in [-0.4, -0.2) is 28.0 Å². The average molecular weight is 386 g/mol. The Bertz CT molecular complexity index is 1010. The molecule has 1 heterocycles. The third-order valence-electron chi connectivity index (χ3n) is 5.10. The van der Waals surface area contributed by atoms with Crippen LogP contribution in [0.1, 0.15) is 24.0 Å². The summed E-state index contributed by atoms with van der Waals surface area (Å²) in [6, 6.07) is 10.3. The highest BCUT2D eigenvalue weighted by atomic mass is 32.2. The standard InChI is InChI=1S/C20H22N2O4S/c1-13-11-17(26-2)7-8-19(13)27(24,25)21-16-6-5-14-9-10-22(18(14)12-16)20(23)15-3-4-15/h5-8,11-12,15,21H,3-4,9-10H2,1-2H3. The first-order valence-corrected chi connectivity index (χ1v) is 10.5. The van der Waals surface area contributed by atoms with Crippen molar-refractivity contribution in [2.45, 2.75) is 31.1 Å². The molecule has 27 heavy (non-hydrogen) atoms. The molecule has 142 valence electrons. The van der Waals surface area contributed by atoms with Crippen LogP contribution in [0, 0.1) is 12.8 Å². The van der Waals surface area contributed by atoms with Gasteiger partial charge in [-0.3, -0.25) is 9.52 Å². The minimum Gasteiger partial charge on any atom is -0.497 e. The summed E-state index contributed by atoms with van der Waals surface area (Å²) in [7, 11) is -2.20. The molecule has 6 nitrogen and oxygen atoms in total. The molecule has 1 fully saturated rings. The Kier molecular flexibility index (Phi) is 4.34. The number of carbonyl (C=O) groups is 1. The van der Waals surface area contributed by atoms with Crippen LogP contribution in [0.15, 0.2) is 41.3 Å². The second-order valence-corrected chi connectivity index (χ2v) is 8.75. The molecule has 2 aromatic carbocycles. The van der Waals surface area contributed by atoms with Gasteiger partial charge in [0.05, 0.1) is 17.7 Å². The van der Waals surface area contributed by atoms with Crippen molar-refractivity contribution < 1.29 is 17.9 Å². The van der Waals surface area contributed by atoms with Crippen molar-refractivity contribution in [3.63, 3.8) is 0 Å². The molecule has 0 saturated heterocycles. The number of benzene rings is 2. The summed E-state index contributed by atoms with van der Waals surface area (Å²) in [5, 5.41) is 0. The molecule has 0 spiro atoms. The molecule has 4 rings (SSSR count). The predicted molar refractivity (Wildman–Crippen MR) is 104 cm³/mol. The maximum absolute atomic E-state index is 12.8. The largest absolute Gasteiger partial charge is 0.497 e. The van der Waals surface area contributed by atoms with E-state index in [0.29, 0.717) is 23.5 Å². The second kappa shape index (κ2) is 6.56. The number of amides is 1.